The second-order valence-electron chi connectivity index (χ2n) is 6.92. The standard InChI is InChI=1S/C21H23N3O4S/c1-4-15-8-10-16(11-9-15)12-19-23-24-21(28-19)22-20(25)17-6-5-7-18(13-17)29(26,27)14(2)3/h5-11,13-14H,4,12H2,1-3H3,(H,22,24,25). The Labute approximate surface area is 170 Å². The predicted octanol–water partition coefficient (Wildman–Crippen LogP) is 3.66. The summed E-state index contributed by atoms with van der Waals surface area (Å²) in [6.45, 7) is 5.28. The van der Waals surface area contributed by atoms with Crippen molar-refractivity contribution in [1.82, 2.24) is 10.2 Å². The van der Waals surface area contributed by atoms with Crippen LogP contribution in [-0.2, 0) is 22.7 Å². The van der Waals surface area contributed by atoms with Crippen molar-refractivity contribution in [3.8, 4) is 0 Å². The quantitative estimate of drug-likeness (QED) is 0.634. The van der Waals surface area contributed by atoms with Crippen molar-refractivity contribution in [3.63, 3.8) is 0 Å². The van der Waals surface area contributed by atoms with E-state index in [1.54, 1.807) is 13.8 Å². The maximum atomic E-state index is 12.5. The number of anilines is 1. The van der Waals surface area contributed by atoms with E-state index in [0.717, 1.165) is 12.0 Å². The topological polar surface area (TPSA) is 102 Å². The number of aromatic nitrogens is 2. The maximum absolute atomic E-state index is 12.5. The second-order valence-corrected chi connectivity index (χ2v) is 9.43. The smallest absolute Gasteiger partial charge is 0.322 e. The number of rotatable bonds is 7. The van der Waals surface area contributed by atoms with Gasteiger partial charge in [0.1, 0.15) is 0 Å². The Kier molecular flexibility index (Phi) is 6.12. The summed E-state index contributed by atoms with van der Waals surface area (Å²) < 4.78 is 30.1. The van der Waals surface area contributed by atoms with E-state index in [4.69, 9.17) is 4.42 Å². The van der Waals surface area contributed by atoms with Gasteiger partial charge in [-0.2, -0.15) is 0 Å². The third-order valence-electron chi connectivity index (χ3n) is 4.52. The van der Waals surface area contributed by atoms with Crippen molar-refractivity contribution in [1.29, 1.82) is 0 Å². The summed E-state index contributed by atoms with van der Waals surface area (Å²) in [5.41, 5.74) is 2.46. The molecule has 0 atom stereocenters. The Morgan fingerprint density at radius 3 is 2.41 bits per heavy atom. The normalized spacial score (nSPS) is 11.6. The molecule has 0 fully saturated rings. The molecule has 3 rings (SSSR count). The molecule has 1 N–H and O–H groups in total. The van der Waals surface area contributed by atoms with E-state index < -0.39 is 21.0 Å². The van der Waals surface area contributed by atoms with Gasteiger partial charge in [0.15, 0.2) is 9.84 Å². The van der Waals surface area contributed by atoms with E-state index in [9.17, 15) is 13.2 Å². The molecular weight excluding hydrogens is 390 g/mol. The Morgan fingerprint density at radius 2 is 1.76 bits per heavy atom. The fourth-order valence-corrected chi connectivity index (χ4v) is 3.80. The van der Waals surface area contributed by atoms with Crippen LogP contribution in [0.1, 0.15) is 48.1 Å². The minimum atomic E-state index is -3.47. The van der Waals surface area contributed by atoms with Gasteiger partial charge in [-0.15, -0.1) is 5.10 Å². The molecule has 2 aromatic carbocycles. The SMILES string of the molecule is CCc1ccc(Cc2nnc(NC(=O)c3cccc(S(=O)(=O)C(C)C)c3)o2)cc1. The first-order chi connectivity index (χ1) is 13.8. The van der Waals surface area contributed by atoms with Crippen LogP contribution in [0.15, 0.2) is 57.8 Å². The lowest BCUT2D eigenvalue weighted by molar-refractivity contribution is 0.102. The van der Waals surface area contributed by atoms with Crippen molar-refractivity contribution in [2.75, 3.05) is 5.32 Å². The fraction of sp³-hybridized carbons (Fsp3) is 0.286. The van der Waals surface area contributed by atoms with Crippen LogP contribution in [0.2, 0.25) is 0 Å². The molecule has 1 heterocycles. The number of sulfone groups is 1. The molecule has 0 aliphatic heterocycles. The molecule has 0 spiro atoms. The van der Waals surface area contributed by atoms with Crippen molar-refractivity contribution < 1.29 is 17.6 Å². The number of benzene rings is 2. The van der Waals surface area contributed by atoms with Crippen molar-refractivity contribution >= 4 is 21.8 Å². The van der Waals surface area contributed by atoms with Crippen LogP contribution in [0.3, 0.4) is 0 Å². The highest BCUT2D eigenvalue weighted by Crippen LogP contribution is 2.18. The molecule has 0 bridgehead atoms. The van der Waals surface area contributed by atoms with Crippen LogP contribution >= 0.6 is 0 Å². The molecule has 0 unspecified atom stereocenters. The minimum absolute atomic E-state index is 0.0349. The van der Waals surface area contributed by atoms with Gasteiger partial charge >= 0.3 is 6.01 Å². The third kappa shape index (κ3) is 4.89. The van der Waals surface area contributed by atoms with Gasteiger partial charge in [-0.1, -0.05) is 42.4 Å². The first-order valence-electron chi connectivity index (χ1n) is 9.35. The van der Waals surface area contributed by atoms with E-state index in [0.29, 0.717) is 12.3 Å². The van der Waals surface area contributed by atoms with Crippen molar-refractivity contribution in [3.05, 3.63) is 71.1 Å². The molecule has 29 heavy (non-hydrogen) atoms. The molecule has 0 radical (unpaired) electrons. The van der Waals surface area contributed by atoms with Crippen molar-refractivity contribution in [2.45, 2.75) is 43.8 Å². The van der Waals surface area contributed by atoms with Crippen LogP contribution in [-0.4, -0.2) is 29.8 Å². The lowest BCUT2D eigenvalue weighted by atomic mass is 10.1. The number of carbonyl (C=O) groups is 1. The highest BCUT2D eigenvalue weighted by Gasteiger charge is 2.21. The van der Waals surface area contributed by atoms with Gasteiger partial charge in [0.25, 0.3) is 5.91 Å². The molecule has 7 nitrogen and oxygen atoms in total. The Bertz CT molecular complexity index is 1100. The van der Waals surface area contributed by atoms with Gasteiger partial charge in [0.05, 0.1) is 16.6 Å². The lowest BCUT2D eigenvalue weighted by Crippen LogP contribution is -2.16. The second kappa shape index (κ2) is 8.57. The van der Waals surface area contributed by atoms with E-state index in [2.05, 4.69) is 22.4 Å². The molecule has 152 valence electrons. The molecule has 3 aromatic rings. The molecule has 0 aliphatic rings. The molecule has 1 amide bonds. The summed E-state index contributed by atoms with van der Waals surface area (Å²) in [4.78, 5) is 12.6. The van der Waals surface area contributed by atoms with Gasteiger partial charge in [-0.05, 0) is 49.6 Å². The summed E-state index contributed by atoms with van der Waals surface area (Å²) in [6.07, 6.45) is 1.42. The first kappa shape index (κ1) is 20.7. The Morgan fingerprint density at radius 1 is 1.07 bits per heavy atom. The lowest BCUT2D eigenvalue weighted by Gasteiger charge is -2.09. The number of aryl methyl sites for hydroxylation is 1. The van der Waals surface area contributed by atoms with Gasteiger partial charge in [0, 0.05) is 5.56 Å². The Balaban J connectivity index is 1.70. The van der Waals surface area contributed by atoms with E-state index in [-0.39, 0.29) is 16.5 Å². The van der Waals surface area contributed by atoms with Crippen LogP contribution in [0.25, 0.3) is 0 Å². The zero-order valence-corrected chi connectivity index (χ0v) is 17.4. The number of nitrogens with zero attached hydrogens (tertiary/aromatic N) is 2. The Hall–Kier alpha value is -3.00. The summed E-state index contributed by atoms with van der Waals surface area (Å²) in [5, 5.41) is 9.74. The van der Waals surface area contributed by atoms with Crippen LogP contribution < -0.4 is 5.32 Å². The molecule has 1 aromatic heterocycles. The van der Waals surface area contributed by atoms with Crippen LogP contribution in [0, 0.1) is 0 Å². The molecule has 0 saturated heterocycles. The summed E-state index contributed by atoms with van der Waals surface area (Å²) in [5.74, 6) is -0.144. The highest BCUT2D eigenvalue weighted by molar-refractivity contribution is 7.92. The van der Waals surface area contributed by atoms with E-state index in [1.807, 2.05) is 24.3 Å². The van der Waals surface area contributed by atoms with E-state index in [1.165, 1.54) is 29.8 Å². The van der Waals surface area contributed by atoms with E-state index >= 15 is 0 Å². The van der Waals surface area contributed by atoms with Gasteiger partial charge in [0.2, 0.25) is 5.89 Å². The maximum Gasteiger partial charge on any atom is 0.322 e. The van der Waals surface area contributed by atoms with Crippen LogP contribution in [0.4, 0.5) is 6.01 Å². The third-order valence-corrected chi connectivity index (χ3v) is 6.67. The fourth-order valence-electron chi connectivity index (χ4n) is 2.70. The van der Waals surface area contributed by atoms with Crippen LogP contribution in [0.5, 0.6) is 0 Å². The molecule has 0 saturated carbocycles. The predicted molar refractivity (Wildman–Crippen MR) is 110 cm³/mol. The summed E-state index contributed by atoms with van der Waals surface area (Å²) >= 11 is 0. The number of hydrogen-bond acceptors (Lipinski definition) is 6. The summed E-state index contributed by atoms with van der Waals surface area (Å²) in [6, 6.07) is 13.9. The number of hydrogen-bond donors (Lipinski definition) is 1. The van der Waals surface area contributed by atoms with Gasteiger partial charge in [-0.3, -0.25) is 10.1 Å². The highest BCUT2D eigenvalue weighted by atomic mass is 32.2. The molecule has 8 heteroatoms. The van der Waals surface area contributed by atoms with Gasteiger partial charge in [-0.25, -0.2) is 8.42 Å². The largest absolute Gasteiger partial charge is 0.407 e. The van der Waals surface area contributed by atoms with Gasteiger partial charge < -0.3 is 4.42 Å². The average molecular weight is 413 g/mol. The zero-order valence-electron chi connectivity index (χ0n) is 16.5. The molecular formula is C21H23N3O4S. The molecule has 0 aliphatic carbocycles. The zero-order chi connectivity index (χ0) is 21.0. The average Bonchev–Trinajstić information content (AvgIpc) is 3.15. The number of carbonyl (C=O) groups excluding carboxylic acids is 1. The number of amides is 1. The monoisotopic (exact) mass is 413 g/mol. The van der Waals surface area contributed by atoms with Crippen molar-refractivity contribution in [2.24, 2.45) is 0 Å². The number of nitrogens with one attached hydrogen (secondary N) is 1. The minimum Gasteiger partial charge on any atom is -0.407 e. The first-order valence-corrected chi connectivity index (χ1v) is 10.9. The summed E-state index contributed by atoms with van der Waals surface area (Å²) in [7, 11) is -3.47.